The quantitative estimate of drug-likeness (QED) is 0.654. The van der Waals surface area contributed by atoms with Crippen LogP contribution in [0.25, 0.3) is 11.0 Å². The Kier molecular flexibility index (Phi) is 3.74. The van der Waals surface area contributed by atoms with Gasteiger partial charge in [0.2, 0.25) is 5.91 Å². The molecule has 27 heavy (non-hydrogen) atoms. The van der Waals surface area contributed by atoms with Crippen molar-refractivity contribution in [3.63, 3.8) is 0 Å². The number of nitrogens with zero attached hydrogens (tertiary/aromatic N) is 1. The van der Waals surface area contributed by atoms with E-state index in [0.29, 0.717) is 36.3 Å². The number of hydrogen-bond acceptors (Lipinski definition) is 4. The van der Waals surface area contributed by atoms with Crippen LogP contribution in [0.4, 0.5) is 0 Å². The fourth-order valence-electron chi connectivity index (χ4n) is 4.22. The summed E-state index contributed by atoms with van der Waals surface area (Å²) in [5.41, 5.74) is 1.70. The number of amides is 1. The highest BCUT2D eigenvalue weighted by Gasteiger charge is 2.39. The van der Waals surface area contributed by atoms with Crippen LogP contribution in [-0.4, -0.2) is 23.6 Å². The van der Waals surface area contributed by atoms with E-state index in [-0.39, 0.29) is 23.7 Å². The number of rotatable bonds is 2. The Morgan fingerprint density at radius 2 is 1.74 bits per heavy atom. The number of hydrogen-bond donors (Lipinski definition) is 0. The molecular weight excluding hydrogens is 342 g/mol. The minimum Gasteiger partial charge on any atom is -0.469 e. The molecule has 0 N–H and O–H groups in total. The number of likely N-dealkylation sites (tertiary alicyclic amines) is 1. The molecule has 0 aliphatic carbocycles. The van der Waals surface area contributed by atoms with Gasteiger partial charge in [-0.25, -0.2) is 4.79 Å². The van der Waals surface area contributed by atoms with Crippen molar-refractivity contribution in [2.45, 2.75) is 31.4 Å². The molecule has 5 nitrogen and oxygen atoms in total. The van der Waals surface area contributed by atoms with Crippen molar-refractivity contribution >= 4 is 16.9 Å². The first kappa shape index (κ1) is 16.1. The van der Waals surface area contributed by atoms with E-state index >= 15 is 0 Å². The van der Waals surface area contributed by atoms with Crippen molar-refractivity contribution in [3.8, 4) is 5.75 Å². The van der Waals surface area contributed by atoms with Crippen LogP contribution in [0.1, 0.15) is 36.3 Å². The average Bonchev–Trinajstić information content (AvgIpc) is 3.14. The van der Waals surface area contributed by atoms with Gasteiger partial charge < -0.3 is 14.1 Å². The number of para-hydroxylation sites is 1. The monoisotopic (exact) mass is 361 g/mol. The van der Waals surface area contributed by atoms with Crippen LogP contribution in [0.15, 0.2) is 63.8 Å². The molecule has 3 aromatic rings. The standard InChI is InChI=1S/C22H19NO4/c24-18-11-6-12-23(18)19-13-16(14-7-2-1-3-8-14)20-21(27-19)15-9-4-5-10-17(15)26-22(20)25/h1-5,7-10,16,19H,6,11-13H2/t16-,19+/m0/s1. The Morgan fingerprint density at radius 1 is 0.963 bits per heavy atom. The molecule has 0 bridgehead atoms. The lowest BCUT2D eigenvalue weighted by atomic mass is 9.85. The lowest BCUT2D eigenvalue weighted by molar-refractivity contribution is -0.135. The van der Waals surface area contributed by atoms with Gasteiger partial charge in [-0.05, 0) is 24.1 Å². The molecule has 1 aromatic heterocycles. The summed E-state index contributed by atoms with van der Waals surface area (Å²) in [5.74, 6) is 0.489. The van der Waals surface area contributed by atoms with E-state index in [4.69, 9.17) is 9.15 Å². The highest BCUT2D eigenvalue weighted by Crippen LogP contribution is 2.43. The second kappa shape index (κ2) is 6.27. The summed E-state index contributed by atoms with van der Waals surface area (Å²) in [7, 11) is 0. The molecular formula is C22H19NO4. The first-order valence-corrected chi connectivity index (χ1v) is 9.29. The lowest BCUT2D eigenvalue weighted by Gasteiger charge is -2.36. The van der Waals surface area contributed by atoms with Gasteiger partial charge in [0.15, 0.2) is 6.23 Å². The van der Waals surface area contributed by atoms with Gasteiger partial charge in [-0.2, -0.15) is 0 Å². The molecule has 1 fully saturated rings. The first-order valence-electron chi connectivity index (χ1n) is 9.29. The van der Waals surface area contributed by atoms with E-state index in [9.17, 15) is 9.59 Å². The molecule has 2 atom stereocenters. The molecule has 136 valence electrons. The lowest BCUT2D eigenvalue weighted by Crippen LogP contribution is -2.44. The largest absolute Gasteiger partial charge is 0.469 e. The molecule has 2 aliphatic rings. The molecule has 5 heteroatoms. The zero-order valence-corrected chi connectivity index (χ0v) is 14.8. The van der Waals surface area contributed by atoms with Crippen molar-refractivity contribution in [1.82, 2.24) is 4.90 Å². The van der Waals surface area contributed by atoms with Gasteiger partial charge in [-0.1, -0.05) is 42.5 Å². The number of carbonyl (C=O) groups excluding carboxylic acids is 1. The van der Waals surface area contributed by atoms with Gasteiger partial charge in [0.25, 0.3) is 0 Å². The van der Waals surface area contributed by atoms with Gasteiger partial charge in [0, 0.05) is 25.3 Å². The van der Waals surface area contributed by atoms with Gasteiger partial charge in [-0.15, -0.1) is 0 Å². The summed E-state index contributed by atoms with van der Waals surface area (Å²) in [6.45, 7) is 0.694. The molecule has 2 aromatic carbocycles. The highest BCUT2D eigenvalue weighted by molar-refractivity contribution is 5.85. The SMILES string of the molecule is O=C1CCCN1[C@H]1C[C@@H](c2ccccc2)c2c(c3ccccc3oc2=O)O1. The normalized spacial score (nSPS) is 21.9. The second-order valence-electron chi connectivity index (χ2n) is 7.09. The fraction of sp³-hybridized carbons (Fsp3) is 0.273. The summed E-state index contributed by atoms with van der Waals surface area (Å²) in [6, 6.07) is 17.3. The maximum Gasteiger partial charge on any atom is 0.343 e. The van der Waals surface area contributed by atoms with Crippen LogP contribution in [0.5, 0.6) is 5.75 Å². The van der Waals surface area contributed by atoms with Gasteiger partial charge in [0.1, 0.15) is 11.3 Å². The summed E-state index contributed by atoms with van der Waals surface area (Å²) in [4.78, 5) is 27.0. The van der Waals surface area contributed by atoms with Crippen molar-refractivity contribution in [2.75, 3.05) is 6.54 Å². The summed E-state index contributed by atoms with van der Waals surface area (Å²) < 4.78 is 11.9. The van der Waals surface area contributed by atoms with Crippen LogP contribution in [-0.2, 0) is 4.79 Å². The Morgan fingerprint density at radius 3 is 2.52 bits per heavy atom. The van der Waals surface area contributed by atoms with Crippen molar-refractivity contribution < 1.29 is 13.9 Å². The third-order valence-corrected chi connectivity index (χ3v) is 5.50. The topological polar surface area (TPSA) is 59.8 Å². The number of ether oxygens (including phenoxy) is 1. The molecule has 3 heterocycles. The van der Waals surface area contributed by atoms with Gasteiger partial charge >= 0.3 is 5.63 Å². The van der Waals surface area contributed by atoms with Crippen molar-refractivity contribution in [3.05, 3.63) is 76.1 Å². The Labute approximate surface area is 156 Å². The maximum atomic E-state index is 12.8. The van der Waals surface area contributed by atoms with E-state index in [1.54, 1.807) is 6.07 Å². The predicted molar refractivity (Wildman–Crippen MR) is 101 cm³/mol. The Bertz CT molecular complexity index is 1070. The van der Waals surface area contributed by atoms with E-state index in [0.717, 1.165) is 17.4 Å². The molecule has 5 rings (SSSR count). The molecule has 0 radical (unpaired) electrons. The molecule has 2 aliphatic heterocycles. The minimum atomic E-state index is -0.372. The van der Waals surface area contributed by atoms with Crippen LogP contribution in [0.2, 0.25) is 0 Å². The minimum absolute atomic E-state index is 0.113. The Balaban J connectivity index is 1.72. The van der Waals surface area contributed by atoms with Crippen molar-refractivity contribution in [1.29, 1.82) is 0 Å². The average molecular weight is 361 g/mol. The van der Waals surface area contributed by atoms with Crippen LogP contribution in [0, 0.1) is 0 Å². The number of benzene rings is 2. The zero-order valence-electron chi connectivity index (χ0n) is 14.8. The smallest absolute Gasteiger partial charge is 0.343 e. The summed E-state index contributed by atoms with van der Waals surface area (Å²) in [6.07, 6.45) is 1.58. The van der Waals surface area contributed by atoms with Crippen molar-refractivity contribution in [2.24, 2.45) is 0 Å². The molecule has 1 amide bonds. The van der Waals surface area contributed by atoms with E-state index in [1.165, 1.54) is 0 Å². The van der Waals surface area contributed by atoms with E-state index < -0.39 is 0 Å². The van der Waals surface area contributed by atoms with Gasteiger partial charge in [0.05, 0.1) is 10.9 Å². The van der Waals surface area contributed by atoms with Crippen LogP contribution in [0.3, 0.4) is 0 Å². The van der Waals surface area contributed by atoms with Crippen LogP contribution < -0.4 is 10.4 Å². The van der Waals surface area contributed by atoms with E-state index in [1.807, 2.05) is 53.4 Å². The predicted octanol–water partition coefficient (Wildman–Crippen LogP) is 3.66. The third kappa shape index (κ3) is 2.62. The number of fused-ring (bicyclic) bond motifs is 3. The Hall–Kier alpha value is -3.08. The zero-order chi connectivity index (χ0) is 18.4. The molecule has 0 unspecified atom stereocenters. The van der Waals surface area contributed by atoms with Gasteiger partial charge in [-0.3, -0.25) is 4.79 Å². The molecule has 1 saturated heterocycles. The molecule has 0 saturated carbocycles. The molecule has 0 spiro atoms. The number of carbonyl (C=O) groups is 1. The highest BCUT2D eigenvalue weighted by atomic mass is 16.5. The first-order chi connectivity index (χ1) is 13.2. The third-order valence-electron chi connectivity index (χ3n) is 5.50. The van der Waals surface area contributed by atoms with E-state index in [2.05, 4.69) is 0 Å². The summed E-state index contributed by atoms with van der Waals surface area (Å²) in [5, 5.41) is 0.768. The second-order valence-corrected chi connectivity index (χ2v) is 7.09. The maximum absolute atomic E-state index is 12.8. The summed E-state index contributed by atoms with van der Waals surface area (Å²) >= 11 is 0. The van der Waals surface area contributed by atoms with Crippen LogP contribution >= 0.6 is 0 Å². The fourth-order valence-corrected chi connectivity index (χ4v) is 4.22.